The molecule has 1 rings (SSSR count). The lowest BCUT2D eigenvalue weighted by molar-refractivity contribution is -0.147. The quantitative estimate of drug-likeness (QED) is 0.832. The van der Waals surface area contributed by atoms with E-state index < -0.39 is 12.1 Å². The van der Waals surface area contributed by atoms with Crippen molar-refractivity contribution >= 4 is 27.7 Å². The summed E-state index contributed by atoms with van der Waals surface area (Å²) >= 11 is 3.14. The van der Waals surface area contributed by atoms with Crippen LogP contribution in [0.25, 0.3) is 0 Å². The van der Waals surface area contributed by atoms with E-state index in [1.54, 1.807) is 19.1 Å². The molecule has 5 heteroatoms. The molecule has 1 aromatic carbocycles. The Balaban J connectivity index is 3.34. The average Bonchev–Trinajstić information content (AvgIpc) is 2.26. The molecular weight excluding hydrogens is 276 g/mol. The number of carbonyl (C=O) groups is 2. The van der Waals surface area contributed by atoms with Gasteiger partial charge < -0.3 is 10.2 Å². The van der Waals surface area contributed by atoms with Crippen molar-refractivity contribution in [2.45, 2.75) is 19.4 Å². The van der Waals surface area contributed by atoms with Gasteiger partial charge in [0.15, 0.2) is 11.9 Å². The second kappa shape index (κ2) is 5.23. The van der Waals surface area contributed by atoms with Crippen LogP contribution in [0, 0.1) is 0 Å². The van der Waals surface area contributed by atoms with Gasteiger partial charge in [0.05, 0.1) is 0 Å². The van der Waals surface area contributed by atoms with Gasteiger partial charge in [-0.3, -0.25) is 4.79 Å². The van der Waals surface area contributed by atoms with Crippen molar-refractivity contribution in [2.75, 3.05) is 0 Å². The lowest BCUT2D eigenvalue weighted by atomic mass is 9.98. The van der Waals surface area contributed by atoms with Gasteiger partial charge in [-0.1, -0.05) is 35.0 Å². The van der Waals surface area contributed by atoms with Gasteiger partial charge in [-0.15, -0.1) is 0 Å². The first-order valence-corrected chi connectivity index (χ1v) is 5.50. The zero-order valence-electron chi connectivity index (χ0n) is 8.61. The zero-order chi connectivity index (χ0) is 12.3. The summed E-state index contributed by atoms with van der Waals surface area (Å²) < 4.78 is 0.418. The van der Waals surface area contributed by atoms with Crippen LogP contribution in [-0.4, -0.2) is 22.0 Å². The fourth-order valence-electron chi connectivity index (χ4n) is 1.37. The van der Waals surface area contributed by atoms with E-state index in [0.717, 1.165) is 0 Å². The summed E-state index contributed by atoms with van der Waals surface area (Å²) in [6.07, 6.45) is -1.43. The van der Waals surface area contributed by atoms with Crippen molar-refractivity contribution in [2.24, 2.45) is 0 Å². The third kappa shape index (κ3) is 2.48. The Labute approximate surface area is 101 Å². The molecule has 0 heterocycles. The minimum Gasteiger partial charge on any atom is -0.479 e. The molecule has 2 N–H and O–H groups in total. The molecule has 0 aliphatic heterocycles. The van der Waals surface area contributed by atoms with Gasteiger partial charge in [-0.25, -0.2) is 4.79 Å². The third-order valence-corrected chi connectivity index (χ3v) is 2.87. The molecule has 0 saturated carbocycles. The molecule has 0 bridgehead atoms. The maximum absolute atomic E-state index is 11.6. The summed E-state index contributed by atoms with van der Waals surface area (Å²) in [4.78, 5) is 22.3. The number of aliphatic carboxylic acids is 1. The Hall–Kier alpha value is -1.20. The van der Waals surface area contributed by atoms with Crippen LogP contribution in [0.1, 0.15) is 35.4 Å². The molecule has 0 aliphatic rings. The fourth-order valence-corrected chi connectivity index (χ4v) is 1.96. The predicted octanol–water partition coefficient (Wildman–Crippen LogP) is 2.16. The highest BCUT2D eigenvalue weighted by atomic mass is 79.9. The first kappa shape index (κ1) is 12.9. The molecule has 0 aromatic heterocycles. The molecular formula is C11H11BrO4. The fraction of sp³-hybridized carbons (Fsp3) is 0.273. The Morgan fingerprint density at radius 3 is 2.56 bits per heavy atom. The highest BCUT2D eigenvalue weighted by molar-refractivity contribution is 9.10. The molecule has 4 nitrogen and oxygen atoms in total. The number of rotatable bonds is 4. The van der Waals surface area contributed by atoms with Crippen LogP contribution in [-0.2, 0) is 4.79 Å². The minimum atomic E-state index is -1.69. The number of aliphatic hydroxyl groups excluding tert-OH is 1. The standard InChI is InChI=1S/C11H11BrO4/c1-2-8(13)6-4-3-5-7(12)9(6)10(14)11(15)16/h3-5,10,14H,2H2,1H3,(H,15,16). The Kier molecular flexibility index (Phi) is 4.20. The van der Waals surface area contributed by atoms with Gasteiger partial charge in [-0.05, 0) is 6.07 Å². The summed E-state index contributed by atoms with van der Waals surface area (Å²) in [5.74, 6) is -1.58. The van der Waals surface area contributed by atoms with Crippen LogP contribution >= 0.6 is 15.9 Å². The second-order valence-electron chi connectivity index (χ2n) is 3.22. The first-order chi connectivity index (χ1) is 7.49. The van der Waals surface area contributed by atoms with Crippen LogP contribution in [0.3, 0.4) is 0 Å². The molecule has 0 radical (unpaired) electrons. The third-order valence-electron chi connectivity index (χ3n) is 2.18. The summed E-state index contributed by atoms with van der Waals surface area (Å²) in [5.41, 5.74) is 0.355. The van der Waals surface area contributed by atoms with E-state index in [-0.39, 0.29) is 23.3 Å². The number of carboxylic acids is 1. The van der Waals surface area contributed by atoms with Crippen molar-refractivity contribution in [3.8, 4) is 0 Å². The van der Waals surface area contributed by atoms with Gasteiger partial charge in [0.25, 0.3) is 0 Å². The molecule has 0 aliphatic carbocycles. The molecule has 1 atom stereocenters. The molecule has 1 unspecified atom stereocenters. The molecule has 0 spiro atoms. The molecule has 1 aromatic rings. The molecule has 0 saturated heterocycles. The van der Waals surface area contributed by atoms with Gasteiger partial charge in [-0.2, -0.15) is 0 Å². The zero-order valence-corrected chi connectivity index (χ0v) is 10.2. The maximum atomic E-state index is 11.6. The summed E-state index contributed by atoms with van der Waals surface area (Å²) in [7, 11) is 0. The van der Waals surface area contributed by atoms with Crippen LogP contribution in [0.15, 0.2) is 22.7 Å². The number of carbonyl (C=O) groups excluding carboxylic acids is 1. The number of carboxylic acid groups (broad SMARTS) is 1. The van der Waals surface area contributed by atoms with Crippen LogP contribution in [0.5, 0.6) is 0 Å². The SMILES string of the molecule is CCC(=O)c1cccc(Br)c1C(O)C(=O)O. The van der Waals surface area contributed by atoms with Crippen molar-refractivity contribution in [3.05, 3.63) is 33.8 Å². The van der Waals surface area contributed by atoms with E-state index in [1.165, 1.54) is 6.07 Å². The molecule has 86 valence electrons. The first-order valence-electron chi connectivity index (χ1n) is 4.71. The number of hydrogen-bond acceptors (Lipinski definition) is 3. The van der Waals surface area contributed by atoms with E-state index in [2.05, 4.69) is 15.9 Å². The monoisotopic (exact) mass is 286 g/mol. The summed E-state index contributed by atoms with van der Waals surface area (Å²) in [5, 5.41) is 18.3. The number of ketones is 1. The minimum absolute atomic E-state index is 0.113. The van der Waals surface area contributed by atoms with E-state index >= 15 is 0 Å². The Bertz CT molecular complexity index is 428. The lowest BCUT2D eigenvalue weighted by Gasteiger charge is -2.12. The van der Waals surface area contributed by atoms with Crippen LogP contribution in [0.4, 0.5) is 0 Å². The van der Waals surface area contributed by atoms with Gasteiger partial charge in [0, 0.05) is 22.0 Å². The van der Waals surface area contributed by atoms with E-state index in [1.807, 2.05) is 0 Å². The van der Waals surface area contributed by atoms with Gasteiger partial charge >= 0.3 is 5.97 Å². The molecule has 0 amide bonds. The van der Waals surface area contributed by atoms with Gasteiger partial charge in [0.2, 0.25) is 0 Å². The Morgan fingerprint density at radius 2 is 2.06 bits per heavy atom. The predicted molar refractivity (Wildman–Crippen MR) is 61.4 cm³/mol. The lowest BCUT2D eigenvalue weighted by Crippen LogP contribution is -2.15. The second-order valence-corrected chi connectivity index (χ2v) is 4.07. The van der Waals surface area contributed by atoms with E-state index in [9.17, 15) is 14.7 Å². The number of Topliss-reactive ketones (excluding diaryl/α,β-unsaturated/α-hetero) is 1. The topological polar surface area (TPSA) is 74.6 Å². The number of hydrogen-bond donors (Lipinski definition) is 2. The van der Waals surface area contributed by atoms with Crippen molar-refractivity contribution in [1.82, 2.24) is 0 Å². The maximum Gasteiger partial charge on any atom is 0.337 e. The summed E-state index contributed by atoms with van der Waals surface area (Å²) in [6.45, 7) is 1.68. The number of halogens is 1. The summed E-state index contributed by atoms with van der Waals surface area (Å²) in [6, 6.07) is 4.73. The van der Waals surface area contributed by atoms with Crippen molar-refractivity contribution < 1.29 is 19.8 Å². The van der Waals surface area contributed by atoms with Crippen molar-refractivity contribution in [3.63, 3.8) is 0 Å². The highest BCUT2D eigenvalue weighted by Crippen LogP contribution is 2.28. The van der Waals surface area contributed by atoms with Crippen LogP contribution < -0.4 is 0 Å². The average molecular weight is 287 g/mol. The smallest absolute Gasteiger partial charge is 0.337 e. The van der Waals surface area contributed by atoms with E-state index in [4.69, 9.17) is 5.11 Å². The number of benzene rings is 1. The normalized spacial score (nSPS) is 12.2. The van der Waals surface area contributed by atoms with Crippen molar-refractivity contribution in [1.29, 1.82) is 0 Å². The molecule has 16 heavy (non-hydrogen) atoms. The highest BCUT2D eigenvalue weighted by Gasteiger charge is 2.24. The largest absolute Gasteiger partial charge is 0.479 e. The van der Waals surface area contributed by atoms with Crippen LogP contribution in [0.2, 0.25) is 0 Å². The van der Waals surface area contributed by atoms with E-state index in [0.29, 0.717) is 4.47 Å². The Morgan fingerprint density at radius 1 is 1.44 bits per heavy atom. The molecule has 0 fully saturated rings. The number of aliphatic hydroxyl groups is 1. The van der Waals surface area contributed by atoms with Gasteiger partial charge in [0.1, 0.15) is 0 Å².